The monoisotopic (exact) mass is 462 g/mol. The van der Waals surface area contributed by atoms with Crippen LogP contribution in [0.2, 0.25) is 0 Å². The molecule has 0 atom stereocenters. The maximum Gasteiger partial charge on any atom is 0.416 e. The number of halogens is 3. The molecule has 0 fully saturated rings. The van der Waals surface area contributed by atoms with Gasteiger partial charge >= 0.3 is 6.18 Å². The van der Waals surface area contributed by atoms with E-state index in [-0.39, 0.29) is 17.3 Å². The molecule has 0 aliphatic carbocycles. The molecular formula is C21H21F3N6O3. The van der Waals surface area contributed by atoms with Crippen LogP contribution in [0.3, 0.4) is 0 Å². The number of aromatic hydroxyl groups is 1. The van der Waals surface area contributed by atoms with E-state index in [0.29, 0.717) is 0 Å². The van der Waals surface area contributed by atoms with Crippen molar-refractivity contribution in [3.8, 4) is 5.75 Å². The molecule has 0 aliphatic rings. The molecule has 2 amide bonds. The summed E-state index contributed by atoms with van der Waals surface area (Å²) in [5.74, 6) is -1.90. The van der Waals surface area contributed by atoms with Gasteiger partial charge in [0.25, 0.3) is 11.8 Å². The molecule has 0 aromatic heterocycles. The predicted octanol–water partition coefficient (Wildman–Crippen LogP) is 1.72. The number of phenolic OH excluding ortho intramolecular Hbond substituents is 1. The first-order chi connectivity index (χ1) is 15.4. The van der Waals surface area contributed by atoms with Gasteiger partial charge in [-0.05, 0) is 41.5 Å². The summed E-state index contributed by atoms with van der Waals surface area (Å²) in [7, 11) is 0. The van der Waals surface area contributed by atoms with E-state index >= 15 is 0 Å². The number of benzene rings is 2. The van der Waals surface area contributed by atoms with Gasteiger partial charge in [-0.15, -0.1) is 0 Å². The van der Waals surface area contributed by atoms with Gasteiger partial charge in [-0.3, -0.25) is 9.59 Å². The molecule has 0 aliphatic heterocycles. The van der Waals surface area contributed by atoms with Crippen LogP contribution in [0.25, 0.3) is 12.2 Å². The van der Waals surface area contributed by atoms with Crippen molar-refractivity contribution >= 4 is 35.9 Å². The number of amides is 2. The Hall–Kier alpha value is -4.61. The van der Waals surface area contributed by atoms with E-state index in [4.69, 9.17) is 28.0 Å². The van der Waals surface area contributed by atoms with Crippen molar-refractivity contribution in [1.29, 1.82) is 0 Å². The normalized spacial score (nSPS) is 10.9. The molecule has 12 heteroatoms. The number of nitrogens with zero attached hydrogens (tertiary/aromatic N) is 2. The summed E-state index contributed by atoms with van der Waals surface area (Å²) in [6.45, 7) is 0. The highest BCUT2D eigenvalue weighted by Gasteiger charge is 2.32. The molecular weight excluding hydrogens is 441 g/mol. The number of aliphatic imine (C=N–C) groups is 2. The molecule has 2 aromatic carbocycles. The lowest BCUT2D eigenvalue weighted by Gasteiger charge is -2.09. The van der Waals surface area contributed by atoms with E-state index in [1.165, 1.54) is 36.4 Å². The minimum atomic E-state index is -4.49. The third-order valence-corrected chi connectivity index (χ3v) is 3.46. The number of carbonyl (C=O) groups excluding carboxylic acids is 2. The molecule has 33 heavy (non-hydrogen) atoms. The molecule has 2 rings (SSSR count). The Labute approximate surface area is 186 Å². The van der Waals surface area contributed by atoms with Crippen molar-refractivity contribution in [3.05, 3.63) is 77.4 Å². The van der Waals surface area contributed by atoms with Gasteiger partial charge in [-0.25, -0.2) is 0 Å². The Morgan fingerprint density at radius 1 is 0.788 bits per heavy atom. The second kappa shape index (κ2) is 12.3. The number of phenols is 1. The maximum absolute atomic E-state index is 12.6. The van der Waals surface area contributed by atoms with Crippen LogP contribution in [0, 0.1) is 0 Å². The Morgan fingerprint density at radius 3 is 1.76 bits per heavy atom. The number of hydrogen-bond donors (Lipinski definition) is 5. The van der Waals surface area contributed by atoms with Gasteiger partial charge < -0.3 is 28.0 Å². The van der Waals surface area contributed by atoms with Crippen LogP contribution >= 0.6 is 0 Å². The van der Waals surface area contributed by atoms with Crippen LogP contribution < -0.4 is 22.9 Å². The van der Waals surface area contributed by atoms with E-state index in [2.05, 4.69) is 9.98 Å². The SMILES string of the molecule is NC(N)=NC(=O)C=Cc1ccc(O)cc1.NC(N)=NC(=O)C=Cc1ccccc1C(F)(F)F. The molecule has 0 radical (unpaired) electrons. The second-order valence-electron chi connectivity index (χ2n) is 6.09. The average molecular weight is 462 g/mol. The van der Waals surface area contributed by atoms with Crippen LogP contribution in [0.15, 0.2) is 70.7 Å². The molecule has 0 bridgehead atoms. The lowest BCUT2D eigenvalue weighted by molar-refractivity contribution is -0.137. The summed E-state index contributed by atoms with van der Waals surface area (Å²) in [5.41, 5.74) is 19.8. The number of nitrogens with two attached hydrogens (primary N) is 4. The zero-order valence-electron chi connectivity index (χ0n) is 17.0. The zero-order chi connectivity index (χ0) is 25.0. The summed E-state index contributed by atoms with van der Waals surface area (Å²) in [4.78, 5) is 28.5. The van der Waals surface area contributed by atoms with E-state index in [1.54, 1.807) is 18.2 Å². The van der Waals surface area contributed by atoms with E-state index in [1.807, 2.05) is 0 Å². The fourth-order valence-corrected chi connectivity index (χ4v) is 2.14. The van der Waals surface area contributed by atoms with Gasteiger partial charge in [0.05, 0.1) is 5.56 Å². The molecule has 174 valence electrons. The van der Waals surface area contributed by atoms with Crippen LogP contribution in [0.1, 0.15) is 16.7 Å². The summed E-state index contributed by atoms with van der Waals surface area (Å²) < 4.78 is 37.8. The average Bonchev–Trinajstić information content (AvgIpc) is 2.71. The van der Waals surface area contributed by atoms with Crippen molar-refractivity contribution in [1.82, 2.24) is 0 Å². The number of guanidine groups is 2. The van der Waals surface area contributed by atoms with E-state index in [9.17, 15) is 22.8 Å². The van der Waals surface area contributed by atoms with Crippen LogP contribution in [0.5, 0.6) is 5.75 Å². The highest BCUT2D eigenvalue weighted by Crippen LogP contribution is 2.32. The quantitative estimate of drug-likeness (QED) is 0.260. The summed E-state index contributed by atoms with van der Waals surface area (Å²) in [6, 6.07) is 11.2. The van der Waals surface area contributed by atoms with Crippen LogP contribution in [0.4, 0.5) is 13.2 Å². The van der Waals surface area contributed by atoms with Crippen molar-refractivity contribution in [2.24, 2.45) is 32.9 Å². The van der Waals surface area contributed by atoms with Gasteiger partial charge in [0.2, 0.25) is 0 Å². The molecule has 0 unspecified atom stereocenters. The highest BCUT2D eigenvalue weighted by atomic mass is 19.4. The van der Waals surface area contributed by atoms with Crippen molar-refractivity contribution in [3.63, 3.8) is 0 Å². The van der Waals surface area contributed by atoms with Gasteiger partial charge in [-0.1, -0.05) is 30.3 Å². The standard InChI is InChI=1S/C11H10F3N3O.C10H11N3O2/c12-11(13,14)8-4-2-1-3-7(8)5-6-9(18)17-10(15)16;11-10(12)13-9(15)6-3-7-1-4-8(14)5-2-7/h1-6H,(H4,15,16,17,18);1-6,14H,(H4,11,12,13,15). The zero-order valence-corrected chi connectivity index (χ0v) is 17.0. The molecule has 2 aromatic rings. The fourth-order valence-electron chi connectivity index (χ4n) is 2.14. The minimum absolute atomic E-state index is 0.135. The molecule has 0 saturated heterocycles. The molecule has 0 saturated carbocycles. The predicted molar refractivity (Wildman–Crippen MR) is 119 cm³/mol. The molecule has 9 N–H and O–H groups in total. The smallest absolute Gasteiger partial charge is 0.416 e. The van der Waals surface area contributed by atoms with E-state index in [0.717, 1.165) is 23.8 Å². The van der Waals surface area contributed by atoms with Gasteiger partial charge in [0.15, 0.2) is 11.9 Å². The van der Waals surface area contributed by atoms with Gasteiger partial charge in [-0.2, -0.15) is 23.2 Å². The lowest BCUT2D eigenvalue weighted by atomic mass is 10.1. The summed E-state index contributed by atoms with van der Waals surface area (Å²) in [5, 5.41) is 9.01. The van der Waals surface area contributed by atoms with Crippen LogP contribution in [-0.4, -0.2) is 28.8 Å². The van der Waals surface area contributed by atoms with Gasteiger partial charge in [0.1, 0.15) is 5.75 Å². The highest BCUT2D eigenvalue weighted by molar-refractivity contribution is 6.00. The molecule has 9 nitrogen and oxygen atoms in total. The fraction of sp³-hybridized carbons (Fsp3) is 0.0476. The Bertz CT molecular complexity index is 1080. The number of rotatable bonds is 4. The third-order valence-electron chi connectivity index (χ3n) is 3.46. The van der Waals surface area contributed by atoms with Gasteiger partial charge in [0, 0.05) is 12.2 Å². The Balaban J connectivity index is 0.000000335. The second-order valence-corrected chi connectivity index (χ2v) is 6.09. The maximum atomic E-state index is 12.6. The number of hydrogen-bond acceptors (Lipinski definition) is 3. The van der Waals surface area contributed by atoms with Crippen molar-refractivity contribution in [2.75, 3.05) is 0 Å². The first-order valence-corrected chi connectivity index (χ1v) is 8.97. The molecule has 0 spiro atoms. The van der Waals surface area contributed by atoms with Crippen molar-refractivity contribution in [2.45, 2.75) is 6.18 Å². The van der Waals surface area contributed by atoms with Crippen molar-refractivity contribution < 1.29 is 27.9 Å². The lowest BCUT2D eigenvalue weighted by Crippen LogP contribution is -2.23. The van der Waals surface area contributed by atoms with Crippen LogP contribution in [-0.2, 0) is 15.8 Å². The first-order valence-electron chi connectivity index (χ1n) is 8.97. The molecule has 0 heterocycles. The van der Waals surface area contributed by atoms with E-state index < -0.39 is 29.5 Å². The topological polar surface area (TPSA) is 183 Å². The Kier molecular flexibility index (Phi) is 9.84. The Morgan fingerprint density at radius 2 is 1.27 bits per heavy atom. The number of alkyl halides is 3. The summed E-state index contributed by atoms with van der Waals surface area (Å²) in [6.07, 6.45) is 0.183. The minimum Gasteiger partial charge on any atom is -0.508 e. The first kappa shape index (κ1) is 26.4. The number of carbonyl (C=O) groups is 2. The third kappa shape index (κ3) is 10.8. The largest absolute Gasteiger partial charge is 0.508 e. The summed E-state index contributed by atoms with van der Waals surface area (Å²) >= 11 is 0.